The van der Waals surface area contributed by atoms with E-state index < -0.39 is 29.7 Å². The van der Waals surface area contributed by atoms with E-state index in [4.69, 9.17) is 4.74 Å². The molecule has 0 unspecified atom stereocenters. The number of hydrogen-bond acceptors (Lipinski definition) is 3. The van der Waals surface area contributed by atoms with Crippen molar-refractivity contribution in [1.29, 1.82) is 0 Å². The zero-order chi connectivity index (χ0) is 19.8. The van der Waals surface area contributed by atoms with Crippen molar-refractivity contribution in [3.05, 3.63) is 65.2 Å². The Balaban J connectivity index is 1.75. The summed E-state index contributed by atoms with van der Waals surface area (Å²) >= 11 is 0. The maximum absolute atomic E-state index is 12.8. The van der Waals surface area contributed by atoms with Gasteiger partial charge in [-0.05, 0) is 50.1 Å². The molecule has 1 aliphatic heterocycles. The third kappa shape index (κ3) is 3.82. The van der Waals surface area contributed by atoms with Gasteiger partial charge in [-0.15, -0.1) is 0 Å². The molecule has 2 aromatic carbocycles. The van der Waals surface area contributed by atoms with E-state index in [0.717, 1.165) is 23.4 Å². The predicted molar refractivity (Wildman–Crippen MR) is 93.4 cm³/mol. The Morgan fingerprint density at radius 1 is 1.15 bits per heavy atom. The van der Waals surface area contributed by atoms with Gasteiger partial charge >= 0.3 is 12.1 Å². The van der Waals surface area contributed by atoms with Gasteiger partial charge in [0.2, 0.25) is 0 Å². The van der Waals surface area contributed by atoms with E-state index in [0.29, 0.717) is 12.5 Å². The van der Waals surface area contributed by atoms with Crippen LogP contribution in [0.1, 0.15) is 35.3 Å². The molecule has 0 spiro atoms. The number of fused-ring (bicyclic) bond motifs is 1. The van der Waals surface area contributed by atoms with Crippen molar-refractivity contribution in [1.82, 2.24) is 0 Å². The van der Waals surface area contributed by atoms with E-state index in [1.807, 2.05) is 31.2 Å². The second-order valence-corrected chi connectivity index (χ2v) is 6.52. The first-order chi connectivity index (χ1) is 12.7. The smallest absolute Gasteiger partial charge is 0.416 e. The lowest BCUT2D eigenvalue weighted by Gasteiger charge is -2.26. The Kier molecular flexibility index (Phi) is 4.95. The SMILES string of the molecule is C[C@@H]1Cc2ccccc2N1C(=O)[C@@H](C)OC(=O)c1cccc(C(F)(F)F)c1. The van der Waals surface area contributed by atoms with Crippen LogP contribution in [0.25, 0.3) is 0 Å². The van der Waals surface area contributed by atoms with Gasteiger partial charge in [0.25, 0.3) is 5.91 Å². The van der Waals surface area contributed by atoms with Crippen molar-refractivity contribution in [2.75, 3.05) is 4.90 Å². The highest BCUT2D eigenvalue weighted by atomic mass is 19.4. The van der Waals surface area contributed by atoms with Crippen LogP contribution in [0.4, 0.5) is 18.9 Å². The maximum Gasteiger partial charge on any atom is 0.416 e. The van der Waals surface area contributed by atoms with Gasteiger partial charge in [-0.2, -0.15) is 13.2 Å². The molecule has 0 radical (unpaired) electrons. The van der Waals surface area contributed by atoms with E-state index in [1.54, 1.807) is 4.90 Å². The molecule has 0 bridgehead atoms. The summed E-state index contributed by atoms with van der Waals surface area (Å²) in [6, 6.07) is 11.3. The lowest BCUT2D eigenvalue weighted by atomic mass is 10.1. The van der Waals surface area contributed by atoms with Gasteiger partial charge in [-0.1, -0.05) is 24.3 Å². The standard InChI is InChI=1S/C20H18F3NO3/c1-12-10-14-6-3-4-9-17(14)24(12)18(25)13(2)27-19(26)15-7-5-8-16(11-15)20(21,22)23/h3-9,11-13H,10H2,1-2H3/t12-,13-/m1/s1. The number of alkyl halides is 3. The number of rotatable bonds is 3. The number of carbonyl (C=O) groups excluding carboxylic acids is 2. The molecule has 0 saturated carbocycles. The molecule has 3 rings (SSSR count). The summed E-state index contributed by atoms with van der Waals surface area (Å²) in [7, 11) is 0. The van der Waals surface area contributed by atoms with E-state index in [-0.39, 0.29) is 11.6 Å². The van der Waals surface area contributed by atoms with Gasteiger partial charge in [0.05, 0.1) is 11.1 Å². The van der Waals surface area contributed by atoms with E-state index in [1.165, 1.54) is 13.0 Å². The summed E-state index contributed by atoms with van der Waals surface area (Å²) in [6.45, 7) is 3.31. The first-order valence-corrected chi connectivity index (χ1v) is 8.47. The fraction of sp³-hybridized carbons (Fsp3) is 0.300. The van der Waals surface area contributed by atoms with Gasteiger partial charge in [0.1, 0.15) is 0 Å². The monoisotopic (exact) mass is 377 g/mol. The van der Waals surface area contributed by atoms with Crippen LogP contribution in [-0.2, 0) is 22.1 Å². The summed E-state index contributed by atoms with van der Waals surface area (Å²) in [5.41, 5.74) is 0.587. The molecule has 0 N–H and O–H groups in total. The Morgan fingerprint density at radius 2 is 1.85 bits per heavy atom. The minimum absolute atomic E-state index is 0.0930. The van der Waals surface area contributed by atoms with Crippen molar-refractivity contribution >= 4 is 17.6 Å². The summed E-state index contributed by atoms with van der Waals surface area (Å²) in [4.78, 5) is 26.6. The predicted octanol–water partition coefficient (Wildman–Crippen LogP) is 4.23. The van der Waals surface area contributed by atoms with Crippen LogP contribution < -0.4 is 4.90 Å². The van der Waals surface area contributed by atoms with E-state index in [9.17, 15) is 22.8 Å². The quantitative estimate of drug-likeness (QED) is 0.752. The number of amides is 1. The molecule has 0 aliphatic carbocycles. The second-order valence-electron chi connectivity index (χ2n) is 6.52. The molecule has 4 nitrogen and oxygen atoms in total. The molecule has 2 aromatic rings. The van der Waals surface area contributed by atoms with Crippen molar-refractivity contribution < 1.29 is 27.5 Å². The highest BCUT2D eigenvalue weighted by molar-refractivity contribution is 6.00. The number of benzene rings is 2. The number of anilines is 1. The van der Waals surface area contributed by atoms with Gasteiger partial charge in [0.15, 0.2) is 6.10 Å². The number of esters is 1. The molecule has 142 valence electrons. The minimum atomic E-state index is -4.56. The van der Waals surface area contributed by atoms with Crippen LogP contribution in [0, 0.1) is 0 Å². The van der Waals surface area contributed by atoms with Gasteiger partial charge in [-0.25, -0.2) is 4.79 Å². The lowest BCUT2D eigenvalue weighted by Crippen LogP contribution is -2.43. The minimum Gasteiger partial charge on any atom is -0.449 e. The Bertz CT molecular complexity index is 879. The van der Waals surface area contributed by atoms with Crippen LogP contribution in [0.15, 0.2) is 48.5 Å². The highest BCUT2D eigenvalue weighted by Gasteiger charge is 2.35. The molecule has 0 saturated heterocycles. The van der Waals surface area contributed by atoms with Crippen LogP contribution in [-0.4, -0.2) is 24.0 Å². The molecule has 0 fully saturated rings. The van der Waals surface area contributed by atoms with Crippen molar-refractivity contribution in [2.24, 2.45) is 0 Å². The third-order valence-corrected chi connectivity index (χ3v) is 4.50. The van der Waals surface area contributed by atoms with E-state index in [2.05, 4.69) is 0 Å². The molecule has 1 aliphatic rings. The number of para-hydroxylation sites is 1. The third-order valence-electron chi connectivity index (χ3n) is 4.50. The maximum atomic E-state index is 12.8. The molecule has 7 heteroatoms. The Hall–Kier alpha value is -2.83. The topological polar surface area (TPSA) is 46.6 Å². The number of carbonyl (C=O) groups is 2. The largest absolute Gasteiger partial charge is 0.449 e. The molecular formula is C20H18F3NO3. The Labute approximate surface area is 154 Å². The van der Waals surface area contributed by atoms with Gasteiger partial charge in [0, 0.05) is 11.7 Å². The number of ether oxygens (including phenoxy) is 1. The average molecular weight is 377 g/mol. The van der Waals surface area contributed by atoms with Crippen LogP contribution >= 0.6 is 0 Å². The van der Waals surface area contributed by atoms with Gasteiger partial charge in [-0.3, -0.25) is 4.79 Å². The zero-order valence-corrected chi connectivity index (χ0v) is 14.8. The number of halogens is 3. The van der Waals surface area contributed by atoms with Crippen LogP contribution in [0.2, 0.25) is 0 Å². The second kappa shape index (κ2) is 7.06. The van der Waals surface area contributed by atoms with Crippen LogP contribution in [0.3, 0.4) is 0 Å². The normalized spacial score (nSPS) is 17.4. The Morgan fingerprint density at radius 3 is 2.56 bits per heavy atom. The summed E-state index contributed by atoms with van der Waals surface area (Å²) < 4.78 is 43.5. The van der Waals surface area contributed by atoms with E-state index >= 15 is 0 Å². The fourth-order valence-electron chi connectivity index (χ4n) is 3.20. The van der Waals surface area contributed by atoms with Crippen molar-refractivity contribution in [3.8, 4) is 0 Å². The summed E-state index contributed by atoms with van der Waals surface area (Å²) in [5, 5.41) is 0. The summed E-state index contributed by atoms with van der Waals surface area (Å²) in [6.07, 6.45) is -5.00. The van der Waals surface area contributed by atoms with Crippen molar-refractivity contribution in [2.45, 2.75) is 38.6 Å². The highest BCUT2D eigenvalue weighted by Crippen LogP contribution is 2.33. The molecule has 1 amide bonds. The molecular weight excluding hydrogens is 359 g/mol. The molecule has 0 aromatic heterocycles. The first-order valence-electron chi connectivity index (χ1n) is 8.47. The lowest BCUT2D eigenvalue weighted by molar-refractivity contribution is -0.137. The molecule has 27 heavy (non-hydrogen) atoms. The average Bonchev–Trinajstić information content (AvgIpc) is 2.96. The molecule has 1 heterocycles. The van der Waals surface area contributed by atoms with Crippen molar-refractivity contribution in [3.63, 3.8) is 0 Å². The zero-order valence-electron chi connectivity index (χ0n) is 14.8. The fourth-order valence-corrected chi connectivity index (χ4v) is 3.20. The van der Waals surface area contributed by atoms with Gasteiger partial charge < -0.3 is 9.64 Å². The number of nitrogens with zero attached hydrogens (tertiary/aromatic N) is 1. The first kappa shape index (κ1) is 18.9. The van der Waals surface area contributed by atoms with Crippen LogP contribution in [0.5, 0.6) is 0 Å². The number of hydrogen-bond donors (Lipinski definition) is 0. The summed E-state index contributed by atoms with van der Waals surface area (Å²) in [5.74, 6) is -1.38. The molecule has 2 atom stereocenters.